The summed E-state index contributed by atoms with van der Waals surface area (Å²) >= 11 is 6.81. The van der Waals surface area contributed by atoms with Crippen LogP contribution in [0.2, 0.25) is 5.02 Å². The van der Waals surface area contributed by atoms with Gasteiger partial charge in [-0.1, -0.05) is 66.2 Å². The molecule has 5 atom stereocenters. The first-order valence-corrected chi connectivity index (χ1v) is 11.4. The summed E-state index contributed by atoms with van der Waals surface area (Å²) in [6.07, 6.45) is -2.92. The number of halogens is 1. The normalized spacial score (nSPS) is 28.2. The number of ether oxygens (including phenoxy) is 1. The smallest absolute Gasteiger partial charge is 0.113 e. The molecule has 5 nitrogen and oxygen atoms in total. The molecule has 32 heavy (non-hydrogen) atoms. The molecule has 4 N–H and O–H groups in total. The van der Waals surface area contributed by atoms with E-state index in [2.05, 4.69) is 24.3 Å². The number of rotatable bonds is 5. The number of hydrogen-bond donors (Lipinski definition) is 4. The molecule has 1 aliphatic carbocycles. The van der Waals surface area contributed by atoms with Crippen LogP contribution in [-0.4, -0.2) is 51.4 Å². The first-order chi connectivity index (χ1) is 15.5. The summed E-state index contributed by atoms with van der Waals surface area (Å²) < 4.78 is 5.87. The van der Waals surface area contributed by atoms with Crippen molar-refractivity contribution in [2.24, 2.45) is 0 Å². The summed E-state index contributed by atoms with van der Waals surface area (Å²) in [4.78, 5) is 0. The van der Waals surface area contributed by atoms with E-state index in [1.54, 1.807) is 0 Å². The lowest BCUT2D eigenvalue weighted by Crippen LogP contribution is -2.55. The first-order valence-electron chi connectivity index (χ1n) is 11.1. The second-order valence-electron chi connectivity index (χ2n) is 8.93. The van der Waals surface area contributed by atoms with E-state index in [0.717, 1.165) is 21.9 Å². The van der Waals surface area contributed by atoms with Gasteiger partial charge < -0.3 is 25.2 Å². The molecule has 0 unspecified atom stereocenters. The third-order valence-electron chi connectivity index (χ3n) is 6.71. The van der Waals surface area contributed by atoms with Crippen LogP contribution in [-0.2, 0) is 11.2 Å². The van der Waals surface area contributed by atoms with Crippen molar-refractivity contribution >= 4 is 22.4 Å². The maximum Gasteiger partial charge on any atom is 0.113 e. The molecular weight excluding hydrogens is 428 g/mol. The van der Waals surface area contributed by atoms with Crippen molar-refractivity contribution in [1.82, 2.24) is 0 Å². The van der Waals surface area contributed by atoms with E-state index < -0.39 is 37.1 Å². The maximum absolute atomic E-state index is 10.7. The number of fused-ring (bicyclic) bond motifs is 1. The summed E-state index contributed by atoms with van der Waals surface area (Å²) in [7, 11) is 0. The molecule has 1 aliphatic heterocycles. The van der Waals surface area contributed by atoms with E-state index >= 15 is 0 Å². The van der Waals surface area contributed by atoms with Gasteiger partial charge in [0.1, 0.15) is 30.5 Å². The molecule has 0 aromatic heterocycles. The highest BCUT2D eigenvalue weighted by atomic mass is 35.5. The van der Waals surface area contributed by atoms with Crippen molar-refractivity contribution in [1.29, 1.82) is 0 Å². The van der Waals surface area contributed by atoms with E-state index in [0.29, 0.717) is 22.9 Å². The molecule has 0 spiro atoms. The largest absolute Gasteiger partial charge is 0.394 e. The fourth-order valence-electron chi connectivity index (χ4n) is 4.69. The topological polar surface area (TPSA) is 90.2 Å². The zero-order valence-electron chi connectivity index (χ0n) is 17.6. The van der Waals surface area contributed by atoms with Crippen LogP contribution in [0.3, 0.4) is 0 Å². The predicted octanol–water partition coefficient (Wildman–Crippen LogP) is 3.48. The van der Waals surface area contributed by atoms with Crippen LogP contribution in [0.5, 0.6) is 0 Å². The van der Waals surface area contributed by atoms with Gasteiger partial charge in [-0.25, -0.2) is 0 Å². The SMILES string of the molecule is OC[C@H]1O[C@@H](c2cc(Cc3ccc(C4CC4)cc3)c(Cl)c3ccccc23)[C@H](O)[C@@H](O)[C@@H]1O. The van der Waals surface area contributed by atoms with Gasteiger partial charge in [0.2, 0.25) is 0 Å². The number of hydrogen-bond acceptors (Lipinski definition) is 5. The molecule has 0 radical (unpaired) electrons. The average Bonchev–Trinajstić information content (AvgIpc) is 3.66. The maximum atomic E-state index is 10.7. The van der Waals surface area contributed by atoms with Gasteiger partial charge in [-0.15, -0.1) is 0 Å². The van der Waals surface area contributed by atoms with Gasteiger partial charge in [-0.3, -0.25) is 0 Å². The van der Waals surface area contributed by atoms with E-state index in [1.807, 2.05) is 30.3 Å². The molecule has 1 saturated carbocycles. The van der Waals surface area contributed by atoms with Gasteiger partial charge in [0, 0.05) is 5.39 Å². The van der Waals surface area contributed by atoms with Gasteiger partial charge in [0.25, 0.3) is 0 Å². The Hall–Kier alpha value is -1.99. The Kier molecular flexibility index (Phi) is 5.97. The highest BCUT2D eigenvalue weighted by Crippen LogP contribution is 2.41. The standard InChI is InChI=1S/C26H27ClO5/c27-22-17(11-14-5-7-15(8-6-14)16-9-10-16)12-20(18-3-1-2-4-19(18)22)26-25(31)24(30)23(29)21(13-28)32-26/h1-8,12,16,21,23-26,28-31H,9-11,13H2/t21-,23-,24+,25-,26+/m1/s1. The molecule has 1 heterocycles. The summed E-state index contributed by atoms with van der Waals surface area (Å²) in [5.74, 6) is 0.700. The van der Waals surface area contributed by atoms with Crippen LogP contribution in [0, 0.1) is 0 Å². The Morgan fingerprint density at radius 1 is 0.875 bits per heavy atom. The minimum absolute atomic E-state index is 0.465. The van der Waals surface area contributed by atoms with Crippen LogP contribution in [0.1, 0.15) is 47.1 Å². The van der Waals surface area contributed by atoms with Crippen LogP contribution in [0.4, 0.5) is 0 Å². The molecular formula is C26H27ClO5. The van der Waals surface area contributed by atoms with Crippen molar-refractivity contribution in [3.63, 3.8) is 0 Å². The van der Waals surface area contributed by atoms with Crippen molar-refractivity contribution in [3.05, 3.63) is 81.9 Å². The zero-order valence-corrected chi connectivity index (χ0v) is 18.3. The summed E-state index contributed by atoms with van der Waals surface area (Å²) in [5, 5.41) is 43.1. The molecule has 3 aromatic rings. The summed E-state index contributed by atoms with van der Waals surface area (Å²) in [6.45, 7) is -0.465. The summed E-state index contributed by atoms with van der Waals surface area (Å²) in [6, 6.07) is 18.1. The lowest BCUT2D eigenvalue weighted by molar-refractivity contribution is -0.231. The molecule has 1 saturated heterocycles. The molecule has 0 amide bonds. The number of benzene rings is 3. The Morgan fingerprint density at radius 3 is 2.22 bits per heavy atom. The van der Waals surface area contributed by atoms with Crippen molar-refractivity contribution in [2.45, 2.75) is 55.7 Å². The third kappa shape index (κ3) is 3.94. The van der Waals surface area contributed by atoms with Gasteiger partial charge in [0.05, 0.1) is 11.6 Å². The molecule has 6 heteroatoms. The molecule has 2 aliphatic rings. The molecule has 3 aromatic carbocycles. The van der Waals surface area contributed by atoms with Crippen LogP contribution in [0.15, 0.2) is 54.6 Å². The van der Waals surface area contributed by atoms with E-state index in [-0.39, 0.29) is 0 Å². The molecule has 2 fully saturated rings. The number of aliphatic hydroxyl groups is 4. The Balaban J connectivity index is 1.55. The van der Waals surface area contributed by atoms with Gasteiger partial charge in [-0.05, 0) is 52.8 Å². The minimum atomic E-state index is -1.43. The van der Waals surface area contributed by atoms with Crippen LogP contribution in [0.25, 0.3) is 10.8 Å². The highest BCUT2D eigenvalue weighted by molar-refractivity contribution is 6.36. The molecule has 168 valence electrons. The average molecular weight is 455 g/mol. The fourth-order valence-corrected chi connectivity index (χ4v) is 4.98. The lowest BCUT2D eigenvalue weighted by Gasteiger charge is -2.40. The lowest BCUT2D eigenvalue weighted by atomic mass is 9.87. The van der Waals surface area contributed by atoms with Gasteiger partial charge >= 0.3 is 0 Å². The number of aliphatic hydroxyl groups excluding tert-OH is 4. The molecule has 5 rings (SSSR count). The Morgan fingerprint density at radius 2 is 1.56 bits per heavy atom. The Bertz CT molecular complexity index is 1110. The summed E-state index contributed by atoms with van der Waals surface area (Å²) in [5.41, 5.74) is 4.06. The monoisotopic (exact) mass is 454 g/mol. The van der Waals surface area contributed by atoms with E-state index in [9.17, 15) is 20.4 Å². The van der Waals surface area contributed by atoms with Crippen molar-refractivity contribution < 1.29 is 25.2 Å². The highest BCUT2D eigenvalue weighted by Gasteiger charge is 2.44. The zero-order chi connectivity index (χ0) is 22.4. The quantitative estimate of drug-likeness (QED) is 0.474. The van der Waals surface area contributed by atoms with Crippen LogP contribution < -0.4 is 0 Å². The molecule has 0 bridgehead atoms. The van der Waals surface area contributed by atoms with Crippen molar-refractivity contribution in [3.8, 4) is 0 Å². The van der Waals surface area contributed by atoms with Gasteiger partial charge in [-0.2, -0.15) is 0 Å². The first kappa shape index (κ1) is 21.8. The second kappa shape index (κ2) is 8.75. The minimum Gasteiger partial charge on any atom is -0.394 e. The predicted molar refractivity (Wildman–Crippen MR) is 123 cm³/mol. The van der Waals surface area contributed by atoms with Crippen LogP contribution >= 0.6 is 11.6 Å². The second-order valence-corrected chi connectivity index (χ2v) is 9.30. The van der Waals surface area contributed by atoms with Gasteiger partial charge in [0.15, 0.2) is 0 Å². The fraction of sp³-hybridized carbons (Fsp3) is 0.385. The van der Waals surface area contributed by atoms with E-state index in [4.69, 9.17) is 16.3 Å². The Labute approximate surface area is 191 Å². The third-order valence-corrected chi connectivity index (χ3v) is 7.15. The van der Waals surface area contributed by atoms with Crippen molar-refractivity contribution in [2.75, 3.05) is 6.61 Å². The van der Waals surface area contributed by atoms with E-state index in [1.165, 1.54) is 18.4 Å².